The van der Waals surface area contributed by atoms with Gasteiger partial charge in [0.15, 0.2) is 0 Å². The molecule has 0 aliphatic carbocycles. The summed E-state index contributed by atoms with van der Waals surface area (Å²) >= 11 is 0. The van der Waals surface area contributed by atoms with Gasteiger partial charge in [0.25, 0.3) is 5.91 Å². The van der Waals surface area contributed by atoms with Crippen LogP contribution in [-0.4, -0.2) is 19.0 Å². The van der Waals surface area contributed by atoms with Crippen LogP contribution >= 0.6 is 0 Å². The Labute approximate surface area is 177 Å². The molecule has 2 aromatic rings. The van der Waals surface area contributed by atoms with E-state index in [0.717, 1.165) is 7.11 Å². The van der Waals surface area contributed by atoms with Gasteiger partial charge in [-0.05, 0) is 30.3 Å². The van der Waals surface area contributed by atoms with Crippen LogP contribution in [0.2, 0.25) is 0 Å². The SMILES string of the molecule is COC(=O)c1ccccc1NC(=O)/C(C#N)=C\Nc1cc(C(F)(F)F)cc(C(F)(F)F)c1. The van der Waals surface area contributed by atoms with Crippen LogP contribution < -0.4 is 10.6 Å². The third-order valence-electron chi connectivity index (χ3n) is 3.92. The molecule has 0 bridgehead atoms. The summed E-state index contributed by atoms with van der Waals surface area (Å²) in [5.74, 6) is -1.86. The lowest BCUT2D eigenvalue weighted by atomic mass is 10.1. The molecule has 2 rings (SSSR count). The van der Waals surface area contributed by atoms with Gasteiger partial charge in [-0.25, -0.2) is 4.79 Å². The van der Waals surface area contributed by atoms with Crippen LogP contribution in [0.1, 0.15) is 21.5 Å². The summed E-state index contributed by atoms with van der Waals surface area (Å²) in [7, 11) is 1.11. The number of methoxy groups -OCH3 is 1. The van der Waals surface area contributed by atoms with E-state index >= 15 is 0 Å². The molecule has 168 valence electrons. The van der Waals surface area contributed by atoms with Gasteiger partial charge in [-0.3, -0.25) is 4.79 Å². The van der Waals surface area contributed by atoms with Gasteiger partial charge in [-0.1, -0.05) is 12.1 Å². The molecule has 0 saturated heterocycles. The van der Waals surface area contributed by atoms with Crippen LogP contribution in [-0.2, 0) is 21.9 Å². The van der Waals surface area contributed by atoms with Crippen LogP contribution in [0.15, 0.2) is 54.2 Å². The van der Waals surface area contributed by atoms with E-state index in [2.05, 4.69) is 15.4 Å². The Hall–Kier alpha value is -4.01. The van der Waals surface area contributed by atoms with Crippen molar-refractivity contribution in [3.8, 4) is 6.07 Å². The van der Waals surface area contributed by atoms with Gasteiger partial charge < -0.3 is 15.4 Å². The zero-order valence-electron chi connectivity index (χ0n) is 16.1. The summed E-state index contributed by atoms with van der Waals surface area (Å²) in [6.07, 6.45) is -9.48. The van der Waals surface area contributed by atoms with Gasteiger partial charge in [-0.15, -0.1) is 0 Å². The van der Waals surface area contributed by atoms with Crippen molar-refractivity contribution in [2.45, 2.75) is 12.4 Å². The normalized spacial score (nSPS) is 12.0. The number of esters is 1. The van der Waals surface area contributed by atoms with E-state index in [-0.39, 0.29) is 17.3 Å². The Morgan fingerprint density at radius 2 is 1.56 bits per heavy atom. The smallest absolute Gasteiger partial charge is 0.416 e. The van der Waals surface area contributed by atoms with Gasteiger partial charge in [0.05, 0.1) is 29.5 Å². The Kier molecular flexibility index (Phi) is 7.14. The van der Waals surface area contributed by atoms with Crippen LogP contribution in [0.25, 0.3) is 0 Å². The minimum absolute atomic E-state index is 0.0241. The maximum atomic E-state index is 12.9. The van der Waals surface area contributed by atoms with Crippen molar-refractivity contribution < 1.29 is 40.7 Å². The number of nitrogens with one attached hydrogen (secondary N) is 2. The van der Waals surface area contributed by atoms with E-state index in [0.29, 0.717) is 18.3 Å². The first-order valence-electron chi connectivity index (χ1n) is 8.51. The lowest BCUT2D eigenvalue weighted by Crippen LogP contribution is -2.17. The summed E-state index contributed by atoms with van der Waals surface area (Å²) in [6.45, 7) is 0. The van der Waals surface area contributed by atoms with Crippen molar-refractivity contribution in [1.29, 1.82) is 5.26 Å². The molecular weight excluding hydrogens is 444 g/mol. The third kappa shape index (κ3) is 6.00. The van der Waals surface area contributed by atoms with Gasteiger partial charge in [0.2, 0.25) is 0 Å². The highest BCUT2D eigenvalue weighted by Crippen LogP contribution is 2.37. The highest BCUT2D eigenvalue weighted by Gasteiger charge is 2.36. The predicted molar refractivity (Wildman–Crippen MR) is 100 cm³/mol. The molecular formula is C20H13F6N3O3. The minimum atomic E-state index is -5.06. The molecule has 0 aliphatic rings. The number of hydrogen-bond acceptors (Lipinski definition) is 5. The van der Waals surface area contributed by atoms with Crippen LogP contribution in [0.5, 0.6) is 0 Å². The van der Waals surface area contributed by atoms with Gasteiger partial charge in [0.1, 0.15) is 11.6 Å². The lowest BCUT2D eigenvalue weighted by molar-refractivity contribution is -0.143. The maximum Gasteiger partial charge on any atom is 0.416 e. The summed E-state index contributed by atoms with van der Waals surface area (Å²) in [5.41, 5.74) is -4.54. The lowest BCUT2D eigenvalue weighted by Gasteiger charge is -2.14. The molecule has 6 nitrogen and oxygen atoms in total. The third-order valence-corrected chi connectivity index (χ3v) is 3.92. The molecule has 0 unspecified atom stereocenters. The molecule has 0 heterocycles. The summed E-state index contributed by atoms with van der Waals surface area (Å²) in [4.78, 5) is 24.1. The number of halogens is 6. The Morgan fingerprint density at radius 1 is 1.00 bits per heavy atom. The number of anilines is 2. The zero-order chi connectivity index (χ0) is 24.1. The number of rotatable bonds is 5. The molecule has 2 aromatic carbocycles. The molecule has 1 amide bonds. The van der Waals surface area contributed by atoms with Crippen molar-refractivity contribution in [2.75, 3.05) is 17.7 Å². The summed E-state index contributed by atoms with van der Waals surface area (Å²) < 4.78 is 82.2. The maximum absolute atomic E-state index is 12.9. The number of nitrogens with zero attached hydrogens (tertiary/aromatic N) is 1. The predicted octanol–water partition coefficient (Wildman–Crippen LogP) is 4.97. The molecule has 0 spiro atoms. The molecule has 0 fully saturated rings. The van der Waals surface area contributed by atoms with Gasteiger partial charge in [0, 0.05) is 11.9 Å². The molecule has 32 heavy (non-hydrogen) atoms. The highest BCUT2D eigenvalue weighted by molar-refractivity contribution is 6.09. The second-order valence-corrected chi connectivity index (χ2v) is 6.10. The minimum Gasteiger partial charge on any atom is -0.465 e. The van der Waals surface area contributed by atoms with Crippen LogP contribution in [0, 0.1) is 11.3 Å². The van der Waals surface area contributed by atoms with Crippen LogP contribution in [0.4, 0.5) is 37.7 Å². The molecule has 2 N–H and O–H groups in total. The number of amides is 1. The first kappa shape index (κ1) is 24.3. The first-order valence-corrected chi connectivity index (χ1v) is 8.51. The number of benzene rings is 2. The Bertz CT molecular complexity index is 1070. The second kappa shape index (κ2) is 9.42. The molecule has 0 radical (unpaired) electrons. The standard InChI is InChI=1S/C20H13F6N3O3/c1-32-18(31)15-4-2-3-5-16(15)29-17(30)11(9-27)10-28-14-7-12(19(21,22)23)6-13(8-14)20(24,25)26/h2-8,10,28H,1H3,(H,29,30)/b11-10-. The number of alkyl halides is 6. The molecule has 12 heteroatoms. The monoisotopic (exact) mass is 457 g/mol. The number of ether oxygens (including phenoxy) is 1. The van der Waals surface area contributed by atoms with E-state index in [1.165, 1.54) is 30.3 Å². The Morgan fingerprint density at radius 3 is 2.06 bits per heavy atom. The topological polar surface area (TPSA) is 91.2 Å². The second-order valence-electron chi connectivity index (χ2n) is 6.10. The van der Waals surface area contributed by atoms with Gasteiger partial charge >= 0.3 is 18.3 Å². The number of para-hydroxylation sites is 1. The largest absolute Gasteiger partial charge is 0.465 e. The quantitative estimate of drug-likeness (QED) is 0.286. The van der Waals surface area contributed by atoms with Gasteiger partial charge in [-0.2, -0.15) is 31.6 Å². The van der Waals surface area contributed by atoms with E-state index in [4.69, 9.17) is 0 Å². The molecule has 0 aromatic heterocycles. The van der Waals surface area contributed by atoms with Crippen molar-refractivity contribution in [3.05, 3.63) is 70.9 Å². The summed E-state index contributed by atoms with van der Waals surface area (Å²) in [5, 5.41) is 13.5. The Balaban J connectivity index is 2.33. The van der Waals surface area contributed by atoms with Crippen molar-refractivity contribution in [3.63, 3.8) is 0 Å². The molecule has 0 saturated carbocycles. The average Bonchev–Trinajstić information content (AvgIpc) is 2.72. The van der Waals surface area contributed by atoms with Crippen molar-refractivity contribution in [2.24, 2.45) is 0 Å². The first-order chi connectivity index (χ1) is 14.9. The fourth-order valence-electron chi connectivity index (χ4n) is 2.41. The zero-order valence-corrected chi connectivity index (χ0v) is 16.1. The number of carbonyl (C=O) groups excluding carboxylic acids is 2. The van der Waals surface area contributed by atoms with Crippen molar-refractivity contribution in [1.82, 2.24) is 0 Å². The molecule has 0 aliphatic heterocycles. The summed E-state index contributed by atoms with van der Waals surface area (Å²) in [6, 6.07) is 7.81. The van der Waals surface area contributed by atoms with Crippen molar-refractivity contribution >= 4 is 23.3 Å². The number of nitriles is 1. The number of carbonyl (C=O) groups is 2. The molecule has 0 atom stereocenters. The van der Waals surface area contributed by atoms with Crippen LogP contribution in [0.3, 0.4) is 0 Å². The van der Waals surface area contributed by atoms with E-state index in [9.17, 15) is 41.2 Å². The average molecular weight is 457 g/mol. The fourth-order valence-corrected chi connectivity index (χ4v) is 2.41. The van der Waals surface area contributed by atoms with E-state index in [1.807, 2.05) is 0 Å². The van der Waals surface area contributed by atoms with E-state index in [1.54, 1.807) is 0 Å². The highest BCUT2D eigenvalue weighted by atomic mass is 19.4. The fraction of sp³-hybridized carbons (Fsp3) is 0.150. The number of hydrogen-bond donors (Lipinski definition) is 2. The van der Waals surface area contributed by atoms with E-state index < -0.39 is 46.6 Å².